The van der Waals surface area contributed by atoms with Crippen molar-refractivity contribution in [3.05, 3.63) is 12.3 Å². The smallest absolute Gasteiger partial charge is 0.223 e. The molecular formula is C15H25N3O2. The van der Waals surface area contributed by atoms with E-state index >= 15 is 0 Å². The van der Waals surface area contributed by atoms with Gasteiger partial charge in [0.25, 0.3) is 0 Å². The van der Waals surface area contributed by atoms with Crippen LogP contribution in [0.25, 0.3) is 0 Å². The highest BCUT2D eigenvalue weighted by Gasteiger charge is 2.23. The van der Waals surface area contributed by atoms with Gasteiger partial charge in [-0.05, 0) is 25.2 Å². The lowest BCUT2D eigenvalue weighted by Gasteiger charge is -2.28. The van der Waals surface area contributed by atoms with Crippen LogP contribution >= 0.6 is 0 Å². The quantitative estimate of drug-likeness (QED) is 0.440. The summed E-state index contributed by atoms with van der Waals surface area (Å²) in [6, 6.07) is 0. The van der Waals surface area contributed by atoms with Crippen LogP contribution in [0, 0.1) is 17.2 Å². The molecule has 0 bridgehead atoms. The van der Waals surface area contributed by atoms with Crippen LogP contribution in [0.3, 0.4) is 0 Å². The van der Waals surface area contributed by atoms with E-state index in [9.17, 15) is 9.59 Å². The first-order chi connectivity index (χ1) is 9.58. The van der Waals surface area contributed by atoms with Crippen molar-refractivity contribution < 1.29 is 9.59 Å². The van der Waals surface area contributed by atoms with E-state index in [0.29, 0.717) is 0 Å². The number of carbonyl (C=O) groups excluding carboxylic acids is 2. The summed E-state index contributed by atoms with van der Waals surface area (Å²) in [5, 5.41) is 7.07. The standard InChI is InChI=1S/C15H25N3O2/c1-13(6-9-17(2)12-16)14(11-19)10-15(20)18-7-4-3-5-8-18/h6,9,11-14,16H,3-5,7-8,10H2,1-2H3/b9-6+,16-12?. The maximum absolute atomic E-state index is 12.2. The minimum Gasteiger partial charge on any atom is -0.343 e. The number of nitrogens with one attached hydrogen (secondary N) is 1. The molecule has 1 saturated heterocycles. The molecule has 2 unspecified atom stereocenters. The van der Waals surface area contributed by atoms with Crippen molar-refractivity contribution in [3.8, 4) is 0 Å². The number of rotatable bonds is 7. The Morgan fingerprint density at radius 1 is 1.35 bits per heavy atom. The number of hydrogen-bond donors (Lipinski definition) is 1. The van der Waals surface area contributed by atoms with Gasteiger partial charge in [0.2, 0.25) is 5.91 Å². The number of allylic oxidation sites excluding steroid dienone is 1. The second-order valence-electron chi connectivity index (χ2n) is 5.44. The number of aldehydes is 1. The maximum Gasteiger partial charge on any atom is 0.223 e. The number of amides is 1. The highest BCUT2D eigenvalue weighted by molar-refractivity contribution is 5.79. The molecule has 1 rings (SSSR count). The molecule has 0 aliphatic carbocycles. The minimum atomic E-state index is -0.292. The van der Waals surface area contributed by atoms with Crippen LogP contribution in [0.4, 0.5) is 0 Å². The largest absolute Gasteiger partial charge is 0.343 e. The second-order valence-corrected chi connectivity index (χ2v) is 5.44. The summed E-state index contributed by atoms with van der Waals surface area (Å²) in [6.45, 7) is 3.58. The van der Waals surface area contributed by atoms with Crippen molar-refractivity contribution in [1.29, 1.82) is 5.41 Å². The van der Waals surface area contributed by atoms with Gasteiger partial charge in [-0.25, -0.2) is 0 Å². The highest BCUT2D eigenvalue weighted by Crippen LogP contribution is 2.18. The highest BCUT2D eigenvalue weighted by atomic mass is 16.2. The third-order valence-electron chi connectivity index (χ3n) is 3.80. The zero-order valence-electron chi connectivity index (χ0n) is 12.4. The fraction of sp³-hybridized carbons (Fsp3) is 0.667. The van der Waals surface area contributed by atoms with Gasteiger partial charge >= 0.3 is 0 Å². The van der Waals surface area contributed by atoms with Gasteiger partial charge in [0.1, 0.15) is 6.29 Å². The average Bonchev–Trinajstić information content (AvgIpc) is 2.50. The fourth-order valence-electron chi connectivity index (χ4n) is 2.29. The van der Waals surface area contributed by atoms with Gasteiger partial charge in [0.15, 0.2) is 0 Å². The van der Waals surface area contributed by atoms with Crippen LogP contribution in [-0.4, -0.2) is 48.5 Å². The van der Waals surface area contributed by atoms with Crippen LogP contribution in [0.15, 0.2) is 12.3 Å². The molecule has 1 aliphatic heterocycles. The third kappa shape index (κ3) is 5.15. The molecule has 0 radical (unpaired) electrons. The fourth-order valence-corrected chi connectivity index (χ4v) is 2.29. The summed E-state index contributed by atoms with van der Waals surface area (Å²) in [5.74, 6) is -0.217. The lowest BCUT2D eigenvalue weighted by molar-refractivity contribution is -0.134. The summed E-state index contributed by atoms with van der Waals surface area (Å²) in [7, 11) is 1.75. The Bertz CT molecular complexity index is 362. The SMILES string of the molecule is CC(/C=C/N(C)C=N)C(C=O)CC(=O)N1CCCCC1. The molecule has 0 aromatic heterocycles. The lowest BCUT2D eigenvalue weighted by atomic mass is 9.91. The molecule has 1 amide bonds. The van der Waals surface area contributed by atoms with E-state index in [-0.39, 0.29) is 24.2 Å². The topological polar surface area (TPSA) is 64.5 Å². The van der Waals surface area contributed by atoms with Gasteiger partial charge in [0.05, 0.1) is 6.34 Å². The average molecular weight is 279 g/mol. The third-order valence-corrected chi connectivity index (χ3v) is 3.80. The zero-order valence-corrected chi connectivity index (χ0v) is 12.4. The predicted molar refractivity (Wildman–Crippen MR) is 79.5 cm³/mol. The van der Waals surface area contributed by atoms with Crippen molar-refractivity contribution in [3.63, 3.8) is 0 Å². The molecule has 1 fully saturated rings. The second kappa shape index (κ2) is 8.51. The summed E-state index contributed by atoms with van der Waals surface area (Å²) >= 11 is 0. The number of likely N-dealkylation sites (tertiary alicyclic amines) is 1. The van der Waals surface area contributed by atoms with Gasteiger partial charge in [-0.1, -0.05) is 13.0 Å². The Morgan fingerprint density at radius 3 is 2.55 bits per heavy atom. The van der Waals surface area contributed by atoms with Crippen molar-refractivity contribution in [2.45, 2.75) is 32.6 Å². The normalized spacial score (nSPS) is 18.6. The number of nitrogens with zero attached hydrogens (tertiary/aromatic N) is 2. The molecule has 20 heavy (non-hydrogen) atoms. The molecule has 1 aliphatic rings. The zero-order chi connectivity index (χ0) is 15.0. The number of hydrogen-bond acceptors (Lipinski definition) is 3. The van der Waals surface area contributed by atoms with Crippen LogP contribution in [-0.2, 0) is 9.59 Å². The molecule has 1 heterocycles. The van der Waals surface area contributed by atoms with Crippen molar-refractivity contribution in [2.75, 3.05) is 20.1 Å². The van der Waals surface area contributed by atoms with E-state index in [1.165, 1.54) is 12.8 Å². The van der Waals surface area contributed by atoms with Crippen molar-refractivity contribution in [1.82, 2.24) is 9.80 Å². The Balaban J connectivity index is 2.52. The number of piperidine rings is 1. The Kier molecular flexibility index (Phi) is 6.98. The summed E-state index contributed by atoms with van der Waals surface area (Å²) in [4.78, 5) is 26.9. The molecule has 112 valence electrons. The summed E-state index contributed by atoms with van der Waals surface area (Å²) in [5.41, 5.74) is 0. The van der Waals surface area contributed by atoms with Crippen LogP contribution in [0.2, 0.25) is 0 Å². The predicted octanol–water partition coefficient (Wildman–Crippen LogP) is 1.89. The molecule has 5 nitrogen and oxygen atoms in total. The molecule has 1 N–H and O–H groups in total. The molecule has 0 saturated carbocycles. The van der Waals surface area contributed by atoms with Gasteiger partial charge in [-0.2, -0.15) is 0 Å². The van der Waals surface area contributed by atoms with Crippen molar-refractivity contribution in [2.24, 2.45) is 11.8 Å². The van der Waals surface area contributed by atoms with Crippen LogP contribution < -0.4 is 0 Å². The lowest BCUT2D eigenvalue weighted by Crippen LogP contribution is -2.37. The Morgan fingerprint density at radius 2 is 2.00 bits per heavy atom. The molecule has 5 heteroatoms. The van der Waals surface area contributed by atoms with Gasteiger partial charge < -0.3 is 14.6 Å². The van der Waals surface area contributed by atoms with E-state index in [1.54, 1.807) is 18.1 Å². The Labute approximate surface area is 121 Å². The molecule has 0 aromatic carbocycles. The molecule has 2 atom stereocenters. The van der Waals surface area contributed by atoms with E-state index in [2.05, 4.69) is 0 Å². The minimum absolute atomic E-state index is 0.0105. The summed E-state index contributed by atoms with van der Waals surface area (Å²) in [6.07, 6.45) is 9.29. The van der Waals surface area contributed by atoms with Crippen LogP contribution in [0.5, 0.6) is 0 Å². The van der Waals surface area contributed by atoms with E-state index in [1.807, 2.05) is 17.9 Å². The van der Waals surface area contributed by atoms with Gasteiger partial charge in [-0.15, -0.1) is 0 Å². The van der Waals surface area contributed by atoms with E-state index in [0.717, 1.165) is 32.2 Å². The molecule has 0 aromatic rings. The van der Waals surface area contributed by atoms with Gasteiger partial charge in [-0.3, -0.25) is 10.2 Å². The van der Waals surface area contributed by atoms with Crippen LogP contribution in [0.1, 0.15) is 32.6 Å². The van der Waals surface area contributed by atoms with Crippen molar-refractivity contribution >= 4 is 18.5 Å². The first-order valence-corrected chi connectivity index (χ1v) is 7.22. The summed E-state index contributed by atoms with van der Waals surface area (Å²) < 4.78 is 0. The van der Waals surface area contributed by atoms with E-state index in [4.69, 9.17) is 5.41 Å². The molecular weight excluding hydrogens is 254 g/mol. The first kappa shape index (κ1) is 16.4. The first-order valence-electron chi connectivity index (χ1n) is 7.22. The maximum atomic E-state index is 12.2. The Hall–Kier alpha value is -1.65. The van der Waals surface area contributed by atoms with E-state index < -0.39 is 0 Å². The monoisotopic (exact) mass is 279 g/mol. The van der Waals surface area contributed by atoms with Gasteiger partial charge in [0, 0.05) is 38.7 Å². The molecule has 0 spiro atoms. The number of carbonyl (C=O) groups is 2.